The van der Waals surface area contributed by atoms with Crippen molar-refractivity contribution < 1.29 is 9.26 Å². The molecule has 1 unspecified atom stereocenters. The Bertz CT molecular complexity index is 549. The van der Waals surface area contributed by atoms with Gasteiger partial charge in [-0.15, -0.1) is 0 Å². The Morgan fingerprint density at radius 1 is 1.24 bits per heavy atom. The largest absolute Gasteiger partial charge is 0.385 e. The predicted molar refractivity (Wildman–Crippen MR) is 82.3 cm³/mol. The van der Waals surface area contributed by atoms with Crippen LogP contribution in [0.4, 0.5) is 5.69 Å². The van der Waals surface area contributed by atoms with E-state index in [0.717, 1.165) is 12.2 Å². The Balaban J connectivity index is 1.86. The summed E-state index contributed by atoms with van der Waals surface area (Å²) in [7, 11) is 1.67. The molecule has 0 aliphatic carbocycles. The van der Waals surface area contributed by atoms with Crippen molar-refractivity contribution in [2.24, 2.45) is 5.92 Å². The number of rotatable bonds is 7. The Morgan fingerprint density at radius 3 is 2.57 bits per heavy atom. The highest BCUT2D eigenvalue weighted by molar-refractivity contribution is 5.44. The van der Waals surface area contributed by atoms with E-state index in [9.17, 15) is 0 Å². The predicted octanol–water partition coefficient (Wildman–Crippen LogP) is 3.38. The molecule has 1 atom stereocenters. The molecule has 5 nitrogen and oxygen atoms in total. The fourth-order valence-corrected chi connectivity index (χ4v) is 2.15. The van der Waals surface area contributed by atoms with E-state index in [1.807, 2.05) is 0 Å². The van der Waals surface area contributed by atoms with Crippen molar-refractivity contribution in [3.8, 4) is 0 Å². The van der Waals surface area contributed by atoms with E-state index < -0.39 is 0 Å². The summed E-state index contributed by atoms with van der Waals surface area (Å²) in [5.41, 5.74) is 2.35. The molecule has 0 radical (unpaired) electrons. The van der Waals surface area contributed by atoms with Crippen molar-refractivity contribution >= 4 is 5.69 Å². The Kier molecular flexibility index (Phi) is 5.33. The van der Waals surface area contributed by atoms with Crippen LogP contribution in [0.25, 0.3) is 0 Å². The number of nitrogens with zero attached hydrogens (tertiary/aromatic N) is 2. The van der Waals surface area contributed by atoms with Gasteiger partial charge in [-0.2, -0.15) is 4.98 Å². The van der Waals surface area contributed by atoms with Crippen LogP contribution in [-0.4, -0.2) is 23.8 Å². The van der Waals surface area contributed by atoms with Crippen LogP contribution in [0, 0.1) is 12.8 Å². The van der Waals surface area contributed by atoms with E-state index in [-0.39, 0.29) is 6.10 Å². The van der Waals surface area contributed by atoms with Crippen LogP contribution >= 0.6 is 0 Å². The molecule has 5 heteroatoms. The molecule has 2 aromatic rings. The van der Waals surface area contributed by atoms with Gasteiger partial charge in [0.2, 0.25) is 11.7 Å². The first-order valence-corrected chi connectivity index (χ1v) is 7.26. The number of ether oxygens (including phenoxy) is 1. The molecule has 21 heavy (non-hydrogen) atoms. The van der Waals surface area contributed by atoms with Gasteiger partial charge in [0.25, 0.3) is 0 Å². The molecule has 0 bridgehead atoms. The van der Waals surface area contributed by atoms with Gasteiger partial charge in [0, 0.05) is 25.8 Å². The second-order valence-electron chi connectivity index (χ2n) is 5.49. The monoisotopic (exact) mass is 289 g/mol. The van der Waals surface area contributed by atoms with E-state index >= 15 is 0 Å². The zero-order valence-electron chi connectivity index (χ0n) is 13.1. The molecular formula is C16H23N3O2. The molecule has 0 aliphatic rings. The highest BCUT2D eigenvalue weighted by atomic mass is 16.5. The van der Waals surface area contributed by atoms with Crippen molar-refractivity contribution in [1.82, 2.24) is 10.1 Å². The lowest BCUT2D eigenvalue weighted by atomic mass is 10.1. The minimum Gasteiger partial charge on any atom is -0.385 e. The summed E-state index contributed by atoms with van der Waals surface area (Å²) in [5.74, 6) is 1.57. The topological polar surface area (TPSA) is 60.2 Å². The van der Waals surface area contributed by atoms with Gasteiger partial charge in [0.05, 0.1) is 0 Å². The van der Waals surface area contributed by atoms with Crippen LogP contribution in [0.15, 0.2) is 28.8 Å². The number of aromatic nitrogens is 2. The second kappa shape index (κ2) is 7.22. The van der Waals surface area contributed by atoms with Crippen LogP contribution in [-0.2, 0) is 11.2 Å². The molecular weight excluding hydrogens is 266 g/mol. The lowest BCUT2D eigenvalue weighted by molar-refractivity contribution is 0.0555. The molecule has 1 aromatic heterocycles. The lowest BCUT2D eigenvalue weighted by Gasteiger charge is -2.14. The molecule has 2 rings (SSSR count). The number of aryl methyl sites for hydroxylation is 1. The third kappa shape index (κ3) is 4.29. The zero-order chi connectivity index (χ0) is 15.2. The molecule has 0 aliphatic heterocycles. The van der Waals surface area contributed by atoms with Crippen LogP contribution in [0.1, 0.15) is 37.2 Å². The average Bonchev–Trinajstić information content (AvgIpc) is 2.90. The Morgan fingerprint density at radius 2 is 1.95 bits per heavy atom. The molecule has 0 fully saturated rings. The first kappa shape index (κ1) is 15.5. The van der Waals surface area contributed by atoms with Gasteiger partial charge in [-0.25, -0.2) is 0 Å². The zero-order valence-corrected chi connectivity index (χ0v) is 13.1. The summed E-state index contributed by atoms with van der Waals surface area (Å²) in [4.78, 5) is 4.41. The van der Waals surface area contributed by atoms with Crippen molar-refractivity contribution in [3.63, 3.8) is 0 Å². The third-order valence-corrected chi connectivity index (χ3v) is 3.32. The van der Waals surface area contributed by atoms with Gasteiger partial charge in [0.15, 0.2) is 0 Å². The Hall–Kier alpha value is -1.88. The number of hydrogen-bond acceptors (Lipinski definition) is 5. The van der Waals surface area contributed by atoms with Gasteiger partial charge in [0.1, 0.15) is 6.10 Å². The summed E-state index contributed by atoms with van der Waals surface area (Å²) in [6.07, 6.45) is 0.572. The van der Waals surface area contributed by atoms with Gasteiger partial charge < -0.3 is 14.6 Å². The highest BCUT2D eigenvalue weighted by Crippen LogP contribution is 2.22. The van der Waals surface area contributed by atoms with Gasteiger partial charge >= 0.3 is 0 Å². The molecule has 0 saturated heterocycles. The maximum Gasteiger partial charge on any atom is 0.228 e. The van der Waals surface area contributed by atoms with Crippen molar-refractivity contribution in [2.75, 3.05) is 19.0 Å². The number of hydrogen-bond donors (Lipinski definition) is 1. The van der Waals surface area contributed by atoms with Gasteiger partial charge in [-0.1, -0.05) is 36.7 Å². The minimum absolute atomic E-state index is 0.118. The fraction of sp³-hybridized carbons (Fsp3) is 0.500. The molecule has 1 aromatic carbocycles. The minimum atomic E-state index is -0.118. The van der Waals surface area contributed by atoms with E-state index in [1.54, 1.807) is 7.11 Å². The first-order chi connectivity index (χ1) is 10.1. The van der Waals surface area contributed by atoms with Crippen LogP contribution in [0.3, 0.4) is 0 Å². The Labute approximate surface area is 125 Å². The first-order valence-electron chi connectivity index (χ1n) is 7.26. The third-order valence-electron chi connectivity index (χ3n) is 3.32. The van der Waals surface area contributed by atoms with Crippen molar-refractivity contribution in [3.05, 3.63) is 41.5 Å². The second-order valence-corrected chi connectivity index (χ2v) is 5.49. The average molecular weight is 289 g/mol. The van der Waals surface area contributed by atoms with E-state index in [0.29, 0.717) is 24.1 Å². The SMILES string of the molecule is COC(c1noc(CCNc2ccc(C)cc2)n1)C(C)C. The number of benzene rings is 1. The normalized spacial score (nSPS) is 12.6. The molecule has 0 saturated carbocycles. The van der Waals surface area contributed by atoms with E-state index in [2.05, 4.69) is 60.5 Å². The standard InChI is InChI=1S/C16H23N3O2/c1-11(2)15(20-4)16-18-14(21-19-16)9-10-17-13-7-5-12(3)6-8-13/h5-8,11,15,17H,9-10H2,1-4H3. The quantitative estimate of drug-likeness (QED) is 0.846. The summed E-state index contributed by atoms with van der Waals surface area (Å²) in [5, 5.41) is 7.34. The summed E-state index contributed by atoms with van der Waals surface area (Å²) < 4.78 is 10.7. The van der Waals surface area contributed by atoms with Crippen LogP contribution in [0.5, 0.6) is 0 Å². The molecule has 1 heterocycles. The molecule has 1 N–H and O–H groups in total. The summed E-state index contributed by atoms with van der Waals surface area (Å²) in [6.45, 7) is 6.97. The van der Waals surface area contributed by atoms with Gasteiger partial charge in [-0.3, -0.25) is 0 Å². The summed E-state index contributed by atoms with van der Waals surface area (Å²) in [6, 6.07) is 8.29. The number of nitrogens with one attached hydrogen (secondary N) is 1. The van der Waals surface area contributed by atoms with Crippen molar-refractivity contribution in [1.29, 1.82) is 0 Å². The summed E-state index contributed by atoms with van der Waals surface area (Å²) >= 11 is 0. The van der Waals surface area contributed by atoms with Gasteiger partial charge in [-0.05, 0) is 25.0 Å². The lowest BCUT2D eigenvalue weighted by Crippen LogP contribution is -2.11. The fourth-order valence-electron chi connectivity index (χ4n) is 2.15. The van der Waals surface area contributed by atoms with E-state index in [1.165, 1.54) is 5.56 Å². The molecule has 114 valence electrons. The van der Waals surface area contributed by atoms with Crippen LogP contribution in [0.2, 0.25) is 0 Å². The molecule has 0 amide bonds. The maximum absolute atomic E-state index is 5.40. The van der Waals surface area contributed by atoms with Crippen molar-refractivity contribution in [2.45, 2.75) is 33.3 Å². The van der Waals surface area contributed by atoms with Crippen LogP contribution < -0.4 is 5.32 Å². The maximum atomic E-state index is 5.40. The molecule has 0 spiro atoms. The number of methoxy groups -OCH3 is 1. The highest BCUT2D eigenvalue weighted by Gasteiger charge is 2.21. The van der Waals surface area contributed by atoms with E-state index in [4.69, 9.17) is 9.26 Å². The smallest absolute Gasteiger partial charge is 0.228 e. The number of anilines is 1.